The molecule has 0 saturated heterocycles. The number of methoxy groups -OCH3 is 1. The maximum absolute atomic E-state index is 13.5. The molecule has 0 spiro atoms. The minimum absolute atomic E-state index is 0.170. The van der Waals surface area contributed by atoms with Crippen molar-refractivity contribution in [3.8, 4) is 16.9 Å². The van der Waals surface area contributed by atoms with Crippen molar-refractivity contribution in [1.82, 2.24) is 4.98 Å². The molecule has 1 heterocycles. The Kier molecular flexibility index (Phi) is 3.81. The summed E-state index contributed by atoms with van der Waals surface area (Å²) in [5.41, 5.74) is 4.76. The first-order valence-corrected chi connectivity index (χ1v) is 9.35. The molecule has 1 aromatic heterocycles. The number of fused-ring (bicyclic) bond motifs is 3. The Morgan fingerprint density at radius 3 is 2.17 bits per heavy atom. The fourth-order valence-corrected chi connectivity index (χ4v) is 3.96. The largest absolute Gasteiger partial charge is 0.497 e. The normalized spacial score (nSPS) is 12.6. The lowest BCUT2D eigenvalue weighted by Gasteiger charge is -2.21. The summed E-state index contributed by atoms with van der Waals surface area (Å²) in [7, 11) is 1.61. The summed E-state index contributed by atoms with van der Waals surface area (Å²) in [6.45, 7) is 2.00. The van der Waals surface area contributed by atoms with E-state index < -0.39 is 0 Å². The molecular formula is C25H17NO3. The van der Waals surface area contributed by atoms with Gasteiger partial charge in [-0.15, -0.1) is 0 Å². The summed E-state index contributed by atoms with van der Waals surface area (Å²) in [6.07, 6.45) is 0. The van der Waals surface area contributed by atoms with Crippen LogP contribution in [0.4, 0.5) is 0 Å². The van der Waals surface area contributed by atoms with Gasteiger partial charge in [0.15, 0.2) is 5.78 Å². The van der Waals surface area contributed by atoms with Gasteiger partial charge in [-0.25, -0.2) is 4.98 Å². The average molecular weight is 379 g/mol. The molecule has 4 heteroatoms. The molecular weight excluding hydrogens is 362 g/mol. The Hall–Kier alpha value is -3.79. The standard InChI is InChI=1S/C25H17NO3/c1-14-7-12-20-19(13-14)21(15-8-10-16(29-2)11-9-15)22-23(26-20)25(28)18-6-4-3-5-17(18)24(22)27/h3-13H,1-2H3. The van der Waals surface area contributed by atoms with Crippen LogP contribution < -0.4 is 4.74 Å². The predicted octanol–water partition coefficient (Wildman–Crippen LogP) is 4.99. The number of hydrogen-bond acceptors (Lipinski definition) is 4. The van der Waals surface area contributed by atoms with Gasteiger partial charge in [-0.2, -0.15) is 0 Å². The summed E-state index contributed by atoms with van der Waals surface area (Å²) in [5, 5.41) is 0.856. The lowest BCUT2D eigenvalue weighted by Crippen LogP contribution is -2.23. The van der Waals surface area contributed by atoms with Crippen molar-refractivity contribution < 1.29 is 14.3 Å². The molecule has 0 aliphatic heterocycles. The second-order valence-electron chi connectivity index (χ2n) is 7.16. The number of aryl methyl sites for hydroxylation is 1. The predicted molar refractivity (Wildman–Crippen MR) is 112 cm³/mol. The third-order valence-corrected chi connectivity index (χ3v) is 5.38. The molecule has 0 bridgehead atoms. The Labute approximate surface area is 167 Å². The van der Waals surface area contributed by atoms with E-state index in [0.717, 1.165) is 27.8 Å². The average Bonchev–Trinajstić information content (AvgIpc) is 2.76. The molecule has 0 saturated carbocycles. The van der Waals surface area contributed by atoms with Crippen molar-refractivity contribution >= 4 is 22.5 Å². The van der Waals surface area contributed by atoms with Crippen LogP contribution >= 0.6 is 0 Å². The van der Waals surface area contributed by atoms with Crippen LogP contribution in [0, 0.1) is 6.92 Å². The fraction of sp³-hybridized carbons (Fsp3) is 0.0800. The van der Waals surface area contributed by atoms with Crippen LogP contribution in [-0.2, 0) is 0 Å². The van der Waals surface area contributed by atoms with Crippen LogP contribution in [0.3, 0.4) is 0 Å². The molecule has 140 valence electrons. The number of ketones is 2. The highest BCUT2D eigenvalue weighted by Gasteiger charge is 2.34. The van der Waals surface area contributed by atoms with Crippen LogP contribution in [0.5, 0.6) is 5.75 Å². The van der Waals surface area contributed by atoms with E-state index in [1.165, 1.54) is 0 Å². The number of carbonyl (C=O) groups is 2. The van der Waals surface area contributed by atoms with Gasteiger partial charge in [0.2, 0.25) is 5.78 Å². The maximum atomic E-state index is 13.5. The number of benzene rings is 3. The number of pyridine rings is 1. The van der Waals surface area contributed by atoms with E-state index in [1.807, 2.05) is 49.4 Å². The first-order valence-electron chi connectivity index (χ1n) is 9.35. The quantitative estimate of drug-likeness (QED) is 0.433. The van der Waals surface area contributed by atoms with E-state index in [-0.39, 0.29) is 17.3 Å². The first-order chi connectivity index (χ1) is 14.1. The molecule has 1 aliphatic rings. The van der Waals surface area contributed by atoms with E-state index in [0.29, 0.717) is 22.2 Å². The minimum Gasteiger partial charge on any atom is -0.497 e. The monoisotopic (exact) mass is 379 g/mol. The Morgan fingerprint density at radius 1 is 0.793 bits per heavy atom. The number of hydrogen-bond donors (Lipinski definition) is 0. The van der Waals surface area contributed by atoms with Crippen molar-refractivity contribution in [1.29, 1.82) is 0 Å². The van der Waals surface area contributed by atoms with Gasteiger partial charge in [-0.1, -0.05) is 48.0 Å². The molecule has 0 fully saturated rings. The van der Waals surface area contributed by atoms with E-state index in [9.17, 15) is 9.59 Å². The second-order valence-corrected chi connectivity index (χ2v) is 7.16. The second kappa shape index (κ2) is 6.38. The fourth-order valence-electron chi connectivity index (χ4n) is 3.96. The van der Waals surface area contributed by atoms with Crippen molar-refractivity contribution in [2.24, 2.45) is 0 Å². The van der Waals surface area contributed by atoms with Crippen LogP contribution in [0.25, 0.3) is 22.0 Å². The van der Waals surface area contributed by atoms with Crippen LogP contribution in [0.15, 0.2) is 66.7 Å². The molecule has 0 unspecified atom stereocenters. The van der Waals surface area contributed by atoms with Gasteiger partial charge in [0.25, 0.3) is 0 Å². The molecule has 4 aromatic rings. The summed E-state index contributed by atoms with van der Waals surface area (Å²) >= 11 is 0. The van der Waals surface area contributed by atoms with E-state index in [4.69, 9.17) is 4.74 Å². The SMILES string of the molecule is COc1ccc(-c2c3c(nc4ccc(C)cc24)C(=O)c2ccccc2C3=O)cc1. The van der Waals surface area contributed by atoms with Gasteiger partial charge in [-0.05, 0) is 36.8 Å². The highest BCUT2D eigenvalue weighted by Crippen LogP contribution is 2.39. The van der Waals surface area contributed by atoms with Gasteiger partial charge in [0.1, 0.15) is 11.4 Å². The zero-order valence-electron chi connectivity index (χ0n) is 16.0. The van der Waals surface area contributed by atoms with Gasteiger partial charge < -0.3 is 4.74 Å². The maximum Gasteiger partial charge on any atom is 0.212 e. The van der Waals surface area contributed by atoms with Gasteiger partial charge >= 0.3 is 0 Å². The van der Waals surface area contributed by atoms with Crippen molar-refractivity contribution in [3.63, 3.8) is 0 Å². The van der Waals surface area contributed by atoms with Gasteiger partial charge in [0, 0.05) is 22.1 Å². The third-order valence-electron chi connectivity index (χ3n) is 5.38. The number of rotatable bonds is 2. The number of ether oxygens (including phenoxy) is 1. The molecule has 0 amide bonds. The molecule has 5 rings (SSSR count). The van der Waals surface area contributed by atoms with Crippen LogP contribution in [0.1, 0.15) is 37.5 Å². The number of carbonyl (C=O) groups excluding carboxylic acids is 2. The lowest BCUT2D eigenvalue weighted by molar-refractivity contribution is 0.0976. The van der Waals surface area contributed by atoms with E-state index in [2.05, 4.69) is 4.98 Å². The highest BCUT2D eigenvalue weighted by molar-refractivity contribution is 6.31. The third kappa shape index (κ3) is 2.57. The molecule has 1 aliphatic carbocycles. The molecule has 29 heavy (non-hydrogen) atoms. The molecule has 3 aromatic carbocycles. The van der Waals surface area contributed by atoms with Gasteiger partial charge in [-0.3, -0.25) is 9.59 Å². The minimum atomic E-state index is -0.215. The molecule has 0 radical (unpaired) electrons. The summed E-state index contributed by atoms with van der Waals surface area (Å²) < 4.78 is 5.28. The summed E-state index contributed by atoms with van der Waals surface area (Å²) in [6, 6.07) is 20.3. The zero-order valence-corrected chi connectivity index (χ0v) is 16.0. The zero-order chi connectivity index (χ0) is 20.1. The highest BCUT2D eigenvalue weighted by atomic mass is 16.5. The Balaban J connectivity index is 1.90. The first kappa shape index (κ1) is 17.3. The smallest absolute Gasteiger partial charge is 0.212 e. The van der Waals surface area contributed by atoms with E-state index >= 15 is 0 Å². The molecule has 4 nitrogen and oxygen atoms in total. The lowest BCUT2D eigenvalue weighted by atomic mass is 9.81. The van der Waals surface area contributed by atoms with Crippen LogP contribution in [-0.4, -0.2) is 23.7 Å². The summed E-state index contributed by atoms with van der Waals surface area (Å²) in [4.78, 5) is 31.3. The molecule has 0 N–H and O–H groups in total. The van der Waals surface area contributed by atoms with E-state index in [1.54, 1.807) is 31.4 Å². The van der Waals surface area contributed by atoms with Gasteiger partial charge in [0.05, 0.1) is 18.2 Å². The number of nitrogens with zero attached hydrogens (tertiary/aromatic N) is 1. The number of aromatic nitrogens is 1. The van der Waals surface area contributed by atoms with Crippen LogP contribution in [0.2, 0.25) is 0 Å². The Morgan fingerprint density at radius 2 is 1.48 bits per heavy atom. The Bertz CT molecular complexity index is 1320. The summed E-state index contributed by atoms with van der Waals surface area (Å²) in [5.74, 6) is 0.342. The molecule has 0 atom stereocenters. The van der Waals surface area contributed by atoms with Crippen molar-refractivity contribution in [2.45, 2.75) is 6.92 Å². The van der Waals surface area contributed by atoms with Crippen molar-refractivity contribution in [3.05, 3.63) is 94.7 Å². The van der Waals surface area contributed by atoms with Crippen molar-refractivity contribution in [2.75, 3.05) is 7.11 Å². The topological polar surface area (TPSA) is 56.3 Å².